The van der Waals surface area contributed by atoms with Gasteiger partial charge < -0.3 is 9.47 Å². The lowest BCUT2D eigenvalue weighted by atomic mass is 10.3. The number of carbonyl (C=O) groups excluding carboxylic acids is 1. The van der Waals surface area contributed by atoms with E-state index in [-0.39, 0.29) is 27.6 Å². The van der Waals surface area contributed by atoms with Gasteiger partial charge in [-0.3, -0.25) is 4.79 Å². The van der Waals surface area contributed by atoms with Crippen LogP contribution in [0.15, 0.2) is 99.6 Å². The van der Waals surface area contributed by atoms with Gasteiger partial charge in [-0.25, -0.2) is 0 Å². The summed E-state index contributed by atoms with van der Waals surface area (Å²) in [5, 5.41) is 0. The Bertz CT molecular complexity index is 917. The lowest BCUT2D eigenvalue weighted by Crippen LogP contribution is -2.29. The fourth-order valence-corrected chi connectivity index (χ4v) is 5.29. The average Bonchev–Trinajstić information content (AvgIpc) is 3.61. The van der Waals surface area contributed by atoms with Crippen molar-refractivity contribution in [3.8, 4) is 5.75 Å². The molecule has 3 nitrogen and oxygen atoms in total. The molecule has 4 rings (SSSR count). The van der Waals surface area contributed by atoms with Crippen molar-refractivity contribution in [3.63, 3.8) is 0 Å². The Labute approximate surface area is 188 Å². The second-order valence-corrected chi connectivity index (χ2v) is 10.7. The molecule has 0 spiro atoms. The third-order valence-corrected chi connectivity index (χ3v) is 7.44. The normalized spacial score (nSPS) is 15.4. The molecule has 0 aromatic heterocycles. The first kappa shape index (κ1) is 21.0. The minimum atomic E-state index is -0.523. The van der Waals surface area contributed by atoms with Crippen LogP contribution in [0.25, 0.3) is 0 Å². The predicted molar refractivity (Wildman–Crippen MR) is 123 cm³/mol. The Kier molecular flexibility index (Phi) is 6.80. The van der Waals surface area contributed by atoms with Gasteiger partial charge in [0.25, 0.3) is 0 Å². The van der Waals surface area contributed by atoms with Crippen LogP contribution in [0.1, 0.15) is 19.8 Å². The van der Waals surface area contributed by atoms with E-state index in [4.69, 9.17) is 9.47 Å². The summed E-state index contributed by atoms with van der Waals surface area (Å²) in [7, 11) is -0.194. The Morgan fingerprint density at radius 2 is 1.37 bits per heavy atom. The second-order valence-electron chi connectivity index (χ2n) is 7.28. The van der Waals surface area contributed by atoms with Crippen LogP contribution in [0, 0.1) is 5.92 Å². The van der Waals surface area contributed by atoms with E-state index in [1.807, 2.05) is 24.3 Å². The lowest BCUT2D eigenvalue weighted by molar-refractivity contribution is -0.165. The summed E-state index contributed by atoms with van der Waals surface area (Å²) in [6, 6.07) is 29.2. The van der Waals surface area contributed by atoms with Crippen molar-refractivity contribution >= 4 is 32.8 Å². The zero-order chi connectivity index (χ0) is 20.9. The highest BCUT2D eigenvalue weighted by Gasteiger charge is 2.37. The van der Waals surface area contributed by atoms with Crippen LogP contribution in [-0.2, 0) is 20.4 Å². The minimum absolute atomic E-state index is 0.194. The molecule has 2 atom stereocenters. The van der Waals surface area contributed by atoms with Crippen LogP contribution in [0.5, 0.6) is 5.75 Å². The standard InChI is InChI=1S/C25H24BrO3S/c1-18(26)24(27)29-25(19-12-13-19)28-20-14-16-23(17-15-20)30(21-8-4-2-5-9-21)22-10-6-3-7-11-22/h2-11,14-19,25H,12-13H2,1H3/q+1. The van der Waals surface area contributed by atoms with Crippen molar-refractivity contribution in [2.24, 2.45) is 5.92 Å². The summed E-state index contributed by atoms with van der Waals surface area (Å²) in [5.74, 6) is 0.705. The SMILES string of the molecule is CC(Br)C(=O)OC(Oc1ccc([S+](c2ccccc2)c2ccccc2)cc1)C1CC1. The second kappa shape index (κ2) is 9.71. The topological polar surface area (TPSA) is 35.5 Å². The van der Waals surface area contributed by atoms with E-state index < -0.39 is 6.29 Å². The molecular weight excluding hydrogens is 460 g/mol. The maximum Gasteiger partial charge on any atom is 0.322 e. The molecule has 3 aromatic rings. The van der Waals surface area contributed by atoms with Crippen molar-refractivity contribution in [3.05, 3.63) is 84.9 Å². The number of carbonyl (C=O) groups is 1. The molecule has 0 radical (unpaired) electrons. The maximum absolute atomic E-state index is 12.0. The van der Waals surface area contributed by atoms with Crippen LogP contribution in [0.2, 0.25) is 0 Å². The minimum Gasteiger partial charge on any atom is -0.454 e. The quantitative estimate of drug-likeness (QED) is 0.165. The first-order chi connectivity index (χ1) is 14.6. The third kappa shape index (κ3) is 5.27. The highest BCUT2D eigenvalue weighted by atomic mass is 79.9. The number of alkyl halides is 1. The van der Waals surface area contributed by atoms with Gasteiger partial charge in [0.2, 0.25) is 6.29 Å². The molecular formula is C25H24BrO3S+. The van der Waals surface area contributed by atoms with Gasteiger partial charge in [0, 0.05) is 5.92 Å². The molecule has 30 heavy (non-hydrogen) atoms. The van der Waals surface area contributed by atoms with Gasteiger partial charge in [-0.1, -0.05) is 52.3 Å². The fraction of sp³-hybridized carbons (Fsp3) is 0.240. The predicted octanol–water partition coefficient (Wildman–Crippen LogP) is 6.22. The van der Waals surface area contributed by atoms with E-state index >= 15 is 0 Å². The van der Waals surface area contributed by atoms with Gasteiger partial charge >= 0.3 is 5.97 Å². The summed E-state index contributed by atoms with van der Waals surface area (Å²) in [6.45, 7) is 1.76. The van der Waals surface area contributed by atoms with E-state index in [0.717, 1.165) is 18.6 Å². The lowest BCUT2D eigenvalue weighted by Gasteiger charge is -2.20. The van der Waals surface area contributed by atoms with Crippen molar-refractivity contribution in [1.29, 1.82) is 0 Å². The molecule has 2 unspecified atom stereocenters. The molecule has 154 valence electrons. The van der Waals surface area contributed by atoms with Crippen LogP contribution < -0.4 is 4.74 Å². The largest absolute Gasteiger partial charge is 0.454 e. The first-order valence-corrected chi connectivity index (χ1v) is 12.2. The van der Waals surface area contributed by atoms with E-state index in [1.165, 1.54) is 14.7 Å². The average molecular weight is 484 g/mol. The molecule has 1 fully saturated rings. The van der Waals surface area contributed by atoms with Crippen LogP contribution >= 0.6 is 15.9 Å². The number of hydrogen-bond acceptors (Lipinski definition) is 3. The zero-order valence-corrected chi connectivity index (χ0v) is 19.1. The Balaban J connectivity index is 1.55. The van der Waals surface area contributed by atoms with Gasteiger partial charge in [-0.05, 0) is 68.3 Å². The summed E-state index contributed by atoms with van der Waals surface area (Å²) >= 11 is 3.26. The molecule has 1 saturated carbocycles. The number of rotatable bonds is 8. The van der Waals surface area contributed by atoms with E-state index in [2.05, 4.69) is 76.6 Å². The summed E-state index contributed by atoms with van der Waals surface area (Å²) in [4.78, 5) is 15.4. The molecule has 3 aromatic carbocycles. The van der Waals surface area contributed by atoms with E-state index in [0.29, 0.717) is 0 Å². The van der Waals surface area contributed by atoms with Crippen LogP contribution in [0.3, 0.4) is 0 Å². The molecule has 0 heterocycles. The summed E-state index contributed by atoms with van der Waals surface area (Å²) in [6.07, 6.45) is 1.53. The van der Waals surface area contributed by atoms with Crippen LogP contribution in [0.4, 0.5) is 0 Å². The molecule has 0 bridgehead atoms. The van der Waals surface area contributed by atoms with Gasteiger partial charge in [0.05, 0.1) is 10.9 Å². The van der Waals surface area contributed by atoms with Crippen molar-refractivity contribution in [1.82, 2.24) is 0 Å². The van der Waals surface area contributed by atoms with Crippen molar-refractivity contribution in [2.45, 2.75) is 45.6 Å². The summed E-state index contributed by atoms with van der Waals surface area (Å²) < 4.78 is 11.6. The highest BCUT2D eigenvalue weighted by molar-refractivity contribution is 9.10. The number of ether oxygens (including phenoxy) is 2. The van der Waals surface area contributed by atoms with E-state index in [1.54, 1.807) is 6.92 Å². The summed E-state index contributed by atoms with van der Waals surface area (Å²) in [5.41, 5.74) is 0. The van der Waals surface area contributed by atoms with Crippen LogP contribution in [-0.4, -0.2) is 17.1 Å². The Morgan fingerprint density at radius 1 is 0.867 bits per heavy atom. The fourth-order valence-electron chi connectivity index (χ4n) is 3.10. The van der Waals surface area contributed by atoms with Crippen molar-refractivity contribution in [2.75, 3.05) is 0 Å². The molecule has 0 amide bonds. The third-order valence-electron chi connectivity index (χ3n) is 4.83. The first-order valence-electron chi connectivity index (χ1n) is 10.1. The molecule has 0 saturated heterocycles. The van der Waals surface area contributed by atoms with Gasteiger partial charge in [0.1, 0.15) is 10.6 Å². The molecule has 0 N–H and O–H groups in total. The molecule has 1 aliphatic rings. The number of hydrogen-bond donors (Lipinski definition) is 0. The van der Waals surface area contributed by atoms with Gasteiger partial charge in [-0.15, -0.1) is 0 Å². The van der Waals surface area contributed by atoms with E-state index in [9.17, 15) is 4.79 Å². The Hall–Kier alpha value is -2.24. The number of halogens is 1. The number of esters is 1. The number of benzene rings is 3. The maximum atomic E-state index is 12.0. The highest BCUT2D eigenvalue weighted by Crippen LogP contribution is 2.37. The molecule has 0 aliphatic heterocycles. The smallest absolute Gasteiger partial charge is 0.322 e. The van der Waals surface area contributed by atoms with Gasteiger partial charge in [0.15, 0.2) is 14.7 Å². The Morgan fingerprint density at radius 3 is 1.83 bits per heavy atom. The van der Waals surface area contributed by atoms with Gasteiger partial charge in [-0.2, -0.15) is 0 Å². The molecule has 5 heteroatoms. The van der Waals surface area contributed by atoms with Crippen molar-refractivity contribution < 1.29 is 14.3 Å². The monoisotopic (exact) mass is 483 g/mol. The molecule has 1 aliphatic carbocycles. The zero-order valence-electron chi connectivity index (χ0n) is 16.7.